The third kappa shape index (κ3) is 2.19. The highest BCUT2D eigenvalue weighted by Gasteiger charge is 2.25. The van der Waals surface area contributed by atoms with Gasteiger partial charge in [-0.05, 0) is 18.6 Å². The first-order valence-corrected chi connectivity index (χ1v) is 6.49. The predicted octanol–water partition coefficient (Wildman–Crippen LogP) is 0.980. The number of aromatic nitrogens is 3. The molecule has 1 fully saturated rings. The van der Waals surface area contributed by atoms with Crippen LogP contribution in [-0.2, 0) is 4.74 Å². The van der Waals surface area contributed by atoms with Gasteiger partial charge in [-0.15, -0.1) is 10.2 Å². The molecule has 1 aliphatic rings. The maximum Gasteiger partial charge on any atom is 0.271 e. The Kier molecular flexibility index (Phi) is 3.16. The molecule has 6 nitrogen and oxygen atoms in total. The average molecular weight is 260 g/mol. The Bertz CT molecular complexity index is 595. The van der Waals surface area contributed by atoms with Crippen LogP contribution in [0.2, 0.25) is 0 Å². The van der Waals surface area contributed by atoms with E-state index in [0.717, 1.165) is 6.42 Å². The van der Waals surface area contributed by atoms with Gasteiger partial charge in [-0.3, -0.25) is 9.20 Å². The Labute approximate surface area is 111 Å². The zero-order valence-electron chi connectivity index (χ0n) is 10.8. The van der Waals surface area contributed by atoms with Crippen LogP contribution in [0.3, 0.4) is 0 Å². The van der Waals surface area contributed by atoms with Crippen molar-refractivity contribution in [3.05, 3.63) is 30.2 Å². The van der Waals surface area contributed by atoms with E-state index in [9.17, 15) is 4.79 Å². The van der Waals surface area contributed by atoms with E-state index in [4.69, 9.17) is 4.74 Å². The van der Waals surface area contributed by atoms with E-state index in [-0.39, 0.29) is 12.0 Å². The average Bonchev–Trinajstić information content (AvgIpc) is 2.95. The molecule has 1 aliphatic heterocycles. The van der Waals surface area contributed by atoms with Crippen molar-refractivity contribution in [1.29, 1.82) is 0 Å². The second-order valence-corrected chi connectivity index (χ2v) is 4.62. The van der Waals surface area contributed by atoms with Gasteiger partial charge in [0.05, 0.1) is 12.7 Å². The summed E-state index contributed by atoms with van der Waals surface area (Å²) in [5.74, 6) is 0.00662. The molecule has 0 aromatic carbocycles. The lowest BCUT2D eigenvalue weighted by atomic mass is 10.2. The maximum absolute atomic E-state index is 12.6. The third-order valence-corrected chi connectivity index (χ3v) is 3.43. The molecule has 3 rings (SSSR count). The Balaban J connectivity index is 1.89. The fraction of sp³-hybridized carbons (Fsp3) is 0.462. The standard InChI is InChI=1S/C13H16N4O2/c1-2-10-8-16(6-7-19-10)13(18)11-4-3-5-12-15-14-9-17(11)12/h3-5,9-10H,2,6-8H2,1H3. The quantitative estimate of drug-likeness (QED) is 0.807. The summed E-state index contributed by atoms with van der Waals surface area (Å²) in [6.45, 7) is 3.95. The van der Waals surface area contributed by atoms with E-state index >= 15 is 0 Å². The molecule has 0 bridgehead atoms. The number of pyridine rings is 1. The fourth-order valence-electron chi connectivity index (χ4n) is 2.34. The number of morpholine rings is 1. The van der Waals surface area contributed by atoms with Crippen LogP contribution in [0.5, 0.6) is 0 Å². The Morgan fingerprint density at radius 3 is 3.26 bits per heavy atom. The van der Waals surface area contributed by atoms with Crippen molar-refractivity contribution in [2.45, 2.75) is 19.4 Å². The number of hydrogen-bond acceptors (Lipinski definition) is 4. The topological polar surface area (TPSA) is 59.7 Å². The van der Waals surface area contributed by atoms with E-state index < -0.39 is 0 Å². The van der Waals surface area contributed by atoms with Gasteiger partial charge in [0.1, 0.15) is 12.0 Å². The Morgan fingerprint density at radius 1 is 1.53 bits per heavy atom. The Hall–Kier alpha value is -1.95. The monoisotopic (exact) mass is 260 g/mol. The van der Waals surface area contributed by atoms with Crippen LogP contribution in [0.15, 0.2) is 24.5 Å². The van der Waals surface area contributed by atoms with Gasteiger partial charge in [-0.2, -0.15) is 0 Å². The van der Waals surface area contributed by atoms with E-state index in [0.29, 0.717) is 31.0 Å². The molecule has 3 heterocycles. The largest absolute Gasteiger partial charge is 0.375 e. The van der Waals surface area contributed by atoms with Crippen LogP contribution in [0.25, 0.3) is 5.65 Å². The lowest BCUT2D eigenvalue weighted by molar-refractivity contribution is -0.0228. The molecule has 1 atom stereocenters. The first kappa shape index (κ1) is 12.1. The van der Waals surface area contributed by atoms with Gasteiger partial charge in [-0.25, -0.2) is 0 Å². The summed E-state index contributed by atoms with van der Waals surface area (Å²) in [5.41, 5.74) is 1.28. The minimum Gasteiger partial charge on any atom is -0.375 e. The lowest BCUT2D eigenvalue weighted by Gasteiger charge is -2.32. The maximum atomic E-state index is 12.6. The van der Waals surface area contributed by atoms with Crippen molar-refractivity contribution in [1.82, 2.24) is 19.5 Å². The molecular formula is C13H16N4O2. The number of fused-ring (bicyclic) bond motifs is 1. The van der Waals surface area contributed by atoms with E-state index in [1.165, 1.54) is 0 Å². The van der Waals surface area contributed by atoms with E-state index in [2.05, 4.69) is 17.1 Å². The van der Waals surface area contributed by atoms with Gasteiger partial charge in [0.15, 0.2) is 5.65 Å². The molecule has 0 spiro atoms. The molecule has 6 heteroatoms. The SMILES string of the molecule is CCC1CN(C(=O)c2cccc3nncn23)CCO1. The van der Waals surface area contributed by atoms with Gasteiger partial charge in [0, 0.05) is 13.1 Å². The smallest absolute Gasteiger partial charge is 0.271 e. The number of carbonyl (C=O) groups excluding carboxylic acids is 1. The third-order valence-electron chi connectivity index (χ3n) is 3.43. The molecule has 2 aromatic heterocycles. The molecule has 0 N–H and O–H groups in total. The van der Waals surface area contributed by atoms with Crippen molar-refractivity contribution >= 4 is 11.6 Å². The molecule has 1 saturated heterocycles. The van der Waals surface area contributed by atoms with Gasteiger partial charge in [-0.1, -0.05) is 13.0 Å². The van der Waals surface area contributed by atoms with Gasteiger partial charge < -0.3 is 9.64 Å². The zero-order chi connectivity index (χ0) is 13.2. The van der Waals surface area contributed by atoms with Crippen molar-refractivity contribution in [2.24, 2.45) is 0 Å². The predicted molar refractivity (Wildman–Crippen MR) is 68.9 cm³/mol. The summed E-state index contributed by atoms with van der Waals surface area (Å²) >= 11 is 0. The van der Waals surface area contributed by atoms with Crippen LogP contribution in [-0.4, -0.2) is 51.2 Å². The molecule has 2 aromatic rings. The zero-order valence-corrected chi connectivity index (χ0v) is 10.8. The molecule has 0 radical (unpaired) electrons. The highest BCUT2D eigenvalue weighted by atomic mass is 16.5. The summed E-state index contributed by atoms with van der Waals surface area (Å²) in [4.78, 5) is 14.4. The number of rotatable bonds is 2. The number of carbonyl (C=O) groups is 1. The van der Waals surface area contributed by atoms with Gasteiger partial charge >= 0.3 is 0 Å². The first-order chi connectivity index (χ1) is 9.29. The van der Waals surface area contributed by atoms with Crippen molar-refractivity contribution in [3.8, 4) is 0 Å². The normalized spacial score (nSPS) is 19.8. The summed E-state index contributed by atoms with van der Waals surface area (Å²) in [6.07, 6.45) is 2.62. The number of nitrogens with zero attached hydrogens (tertiary/aromatic N) is 4. The van der Waals surface area contributed by atoms with Crippen molar-refractivity contribution in [2.75, 3.05) is 19.7 Å². The minimum absolute atomic E-state index is 0.00662. The van der Waals surface area contributed by atoms with Gasteiger partial charge in [0.25, 0.3) is 5.91 Å². The molecule has 1 unspecified atom stereocenters. The Morgan fingerprint density at radius 2 is 2.42 bits per heavy atom. The number of ether oxygens (including phenoxy) is 1. The highest BCUT2D eigenvalue weighted by Crippen LogP contribution is 2.13. The first-order valence-electron chi connectivity index (χ1n) is 6.49. The van der Waals surface area contributed by atoms with Crippen LogP contribution >= 0.6 is 0 Å². The highest BCUT2D eigenvalue weighted by molar-refractivity contribution is 5.93. The van der Waals surface area contributed by atoms with Crippen LogP contribution in [0, 0.1) is 0 Å². The number of hydrogen-bond donors (Lipinski definition) is 0. The summed E-state index contributed by atoms with van der Waals surface area (Å²) in [7, 11) is 0. The minimum atomic E-state index is 0.00662. The fourth-order valence-corrected chi connectivity index (χ4v) is 2.34. The van der Waals surface area contributed by atoms with Crippen LogP contribution in [0.1, 0.15) is 23.8 Å². The second kappa shape index (κ2) is 4.97. The van der Waals surface area contributed by atoms with Gasteiger partial charge in [0.2, 0.25) is 0 Å². The molecule has 0 aliphatic carbocycles. The van der Waals surface area contributed by atoms with Crippen molar-refractivity contribution < 1.29 is 9.53 Å². The molecule has 1 amide bonds. The molecule has 100 valence electrons. The summed E-state index contributed by atoms with van der Waals surface area (Å²) in [6, 6.07) is 5.46. The molecular weight excluding hydrogens is 244 g/mol. The summed E-state index contributed by atoms with van der Waals surface area (Å²) in [5, 5.41) is 7.79. The van der Waals surface area contributed by atoms with E-state index in [1.54, 1.807) is 16.8 Å². The summed E-state index contributed by atoms with van der Waals surface area (Å²) < 4.78 is 7.31. The second-order valence-electron chi connectivity index (χ2n) is 4.62. The molecule has 19 heavy (non-hydrogen) atoms. The van der Waals surface area contributed by atoms with Crippen LogP contribution < -0.4 is 0 Å². The van der Waals surface area contributed by atoms with E-state index in [1.807, 2.05) is 17.0 Å². The lowest BCUT2D eigenvalue weighted by Crippen LogP contribution is -2.45. The number of amides is 1. The van der Waals surface area contributed by atoms with Crippen LogP contribution in [0.4, 0.5) is 0 Å². The van der Waals surface area contributed by atoms with Crippen molar-refractivity contribution in [3.63, 3.8) is 0 Å². The molecule has 0 saturated carbocycles.